The van der Waals surface area contributed by atoms with Crippen molar-refractivity contribution in [3.05, 3.63) is 97.9 Å². The van der Waals surface area contributed by atoms with Gasteiger partial charge in [0.15, 0.2) is 6.61 Å². The molecule has 4 nitrogen and oxygen atoms in total. The van der Waals surface area contributed by atoms with Gasteiger partial charge in [0.1, 0.15) is 0 Å². The highest BCUT2D eigenvalue weighted by molar-refractivity contribution is 7.10. The maximum absolute atomic E-state index is 13.4. The van der Waals surface area contributed by atoms with E-state index < -0.39 is 5.97 Å². The molecule has 0 saturated carbocycles. The Kier molecular flexibility index (Phi) is 5.88. The number of para-hydroxylation sites is 1. The van der Waals surface area contributed by atoms with E-state index in [1.54, 1.807) is 11.3 Å². The third kappa shape index (κ3) is 4.08. The molecule has 0 spiro atoms. The molecule has 2 aromatic carbocycles. The average Bonchev–Trinajstić information content (AvgIpc) is 3.48. The molecule has 0 bridgehead atoms. The lowest BCUT2D eigenvalue weighted by Gasteiger charge is -2.13. The number of nitrogens with zero attached hydrogens (tertiary/aromatic N) is 1. The summed E-state index contributed by atoms with van der Waals surface area (Å²) >= 11 is 1.68. The summed E-state index contributed by atoms with van der Waals surface area (Å²) in [4.78, 5) is 32.3. The largest absolute Gasteiger partial charge is 0.454 e. The Morgan fingerprint density at radius 2 is 1.79 bits per heavy atom. The third-order valence-electron chi connectivity index (χ3n) is 6.48. The van der Waals surface area contributed by atoms with Gasteiger partial charge in [0, 0.05) is 15.8 Å². The Morgan fingerprint density at radius 1 is 1.00 bits per heavy atom. The fraction of sp³-hybridized carbons (Fsp3) is 0.207. The molecule has 1 aliphatic rings. The van der Waals surface area contributed by atoms with Crippen molar-refractivity contribution in [2.75, 3.05) is 6.61 Å². The van der Waals surface area contributed by atoms with E-state index in [0.29, 0.717) is 11.1 Å². The first-order valence-electron chi connectivity index (χ1n) is 11.4. The number of aryl methyl sites for hydroxylation is 3. The number of ether oxygens (including phenoxy) is 1. The van der Waals surface area contributed by atoms with Crippen LogP contribution in [0.15, 0.2) is 53.9 Å². The van der Waals surface area contributed by atoms with Crippen LogP contribution in [0.5, 0.6) is 0 Å². The SMILES string of the molecule is Cc1cc(C)c(C(=O)COC(=O)c2c3c(nc4ccccc24)C(=Cc2cccs2)CC3)cc1C. The normalized spacial score (nSPS) is 13.9. The van der Waals surface area contributed by atoms with Gasteiger partial charge in [-0.05, 0) is 91.1 Å². The number of carbonyl (C=O) groups excluding carboxylic acids is 2. The summed E-state index contributed by atoms with van der Waals surface area (Å²) in [5, 5.41) is 2.81. The molecule has 2 heterocycles. The second-order valence-electron chi connectivity index (χ2n) is 8.77. The molecule has 5 rings (SSSR count). The molecule has 1 aliphatic carbocycles. The molecule has 0 unspecified atom stereocenters. The molecule has 2 aromatic heterocycles. The summed E-state index contributed by atoms with van der Waals surface area (Å²) in [7, 11) is 0. The summed E-state index contributed by atoms with van der Waals surface area (Å²) in [5.74, 6) is -0.663. The zero-order valence-electron chi connectivity index (χ0n) is 19.5. The molecule has 170 valence electrons. The van der Waals surface area contributed by atoms with E-state index in [4.69, 9.17) is 9.72 Å². The number of allylic oxidation sites excluding steroid dienone is 1. The number of aromatic nitrogens is 1. The van der Waals surface area contributed by atoms with Crippen LogP contribution < -0.4 is 0 Å². The number of ketones is 1. The van der Waals surface area contributed by atoms with Gasteiger partial charge in [-0.15, -0.1) is 11.3 Å². The molecule has 0 saturated heterocycles. The zero-order valence-corrected chi connectivity index (χ0v) is 20.3. The maximum atomic E-state index is 13.4. The number of benzene rings is 2. The Bertz CT molecular complexity index is 1460. The smallest absolute Gasteiger partial charge is 0.339 e. The summed E-state index contributed by atoms with van der Waals surface area (Å²) in [6.07, 6.45) is 3.69. The number of hydrogen-bond donors (Lipinski definition) is 0. The topological polar surface area (TPSA) is 56.3 Å². The van der Waals surface area contributed by atoms with Gasteiger partial charge < -0.3 is 4.74 Å². The highest BCUT2D eigenvalue weighted by Crippen LogP contribution is 2.38. The zero-order chi connectivity index (χ0) is 23.8. The van der Waals surface area contributed by atoms with Crippen LogP contribution in [-0.4, -0.2) is 23.3 Å². The van der Waals surface area contributed by atoms with Gasteiger partial charge in [0.05, 0.1) is 16.8 Å². The maximum Gasteiger partial charge on any atom is 0.339 e. The second-order valence-corrected chi connectivity index (χ2v) is 9.75. The number of pyridine rings is 1. The Hall–Kier alpha value is -3.57. The number of rotatable bonds is 5. The molecule has 0 N–H and O–H groups in total. The lowest BCUT2D eigenvalue weighted by Crippen LogP contribution is -2.17. The molecule has 0 fully saturated rings. The van der Waals surface area contributed by atoms with E-state index in [0.717, 1.165) is 62.1 Å². The van der Waals surface area contributed by atoms with Crippen molar-refractivity contribution in [2.24, 2.45) is 0 Å². The van der Waals surface area contributed by atoms with Gasteiger partial charge in [-0.2, -0.15) is 0 Å². The highest BCUT2D eigenvalue weighted by Gasteiger charge is 2.28. The number of thiophene rings is 1. The Balaban J connectivity index is 1.48. The van der Waals surface area contributed by atoms with Gasteiger partial charge >= 0.3 is 5.97 Å². The second kappa shape index (κ2) is 8.99. The predicted molar refractivity (Wildman–Crippen MR) is 138 cm³/mol. The fourth-order valence-electron chi connectivity index (χ4n) is 4.60. The number of fused-ring (bicyclic) bond motifs is 2. The van der Waals surface area contributed by atoms with Crippen molar-refractivity contribution in [2.45, 2.75) is 33.6 Å². The van der Waals surface area contributed by atoms with Crippen LogP contribution >= 0.6 is 11.3 Å². The van der Waals surface area contributed by atoms with Gasteiger partial charge in [-0.1, -0.05) is 30.3 Å². The number of Topliss-reactive ketones (excluding diaryl/α,β-unsaturated/α-hetero) is 1. The van der Waals surface area contributed by atoms with E-state index in [2.05, 4.69) is 12.1 Å². The highest BCUT2D eigenvalue weighted by atomic mass is 32.1. The monoisotopic (exact) mass is 467 g/mol. The standard InChI is InChI=1S/C29H25NO3S/c1-17-13-19(3)24(14-18(17)2)26(31)16-33-29(32)27-22-8-4-5-9-25(22)30-28-20(10-11-23(27)28)15-21-7-6-12-34-21/h4-9,12-15H,10-11,16H2,1-3H3. The van der Waals surface area contributed by atoms with Crippen LogP contribution in [0.25, 0.3) is 22.6 Å². The Labute approximate surface area is 202 Å². The van der Waals surface area contributed by atoms with Gasteiger partial charge in [-0.3, -0.25) is 4.79 Å². The quantitative estimate of drug-likeness (QED) is 0.241. The third-order valence-corrected chi connectivity index (χ3v) is 7.30. The minimum absolute atomic E-state index is 0.192. The van der Waals surface area contributed by atoms with E-state index in [1.807, 2.05) is 68.6 Å². The van der Waals surface area contributed by atoms with Gasteiger partial charge in [0.2, 0.25) is 5.78 Å². The summed E-state index contributed by atoms with van der Waals surface area (Å²) in [6.45, 7) is 5.62. The predicted octanol–water partition coefficient (Wildman–Crippen LogP) is 6.75. The van der Waals surface area contributed by atoms with Gasteiger partial charge in [-0.25, -0.2) is 9.78 Å². The molecular formula is C29H25NO3S. The lowest BCUT2D eigenvalue weighted by atomic mass is 9.98. The van der Waals surface area contributed by atoms with Gasteiger partial charge in [0.25, 0.3) is 0 Å². The van der Waals surface area contributed by atoms with Crippen molar-refractivity contribution < 1.29 is 14.3 Å². The lowest BCUT2D eigenvalue weighted by molar-refractivity contribution is 0.0475. The minimum Gasteiger partial charge on any atom is -0.454 e. The first-order valence-corrected chi connectivity index (χ1v) is 12.2. The van der Waals surface area contributed by atoms with Crippen LogP contribution in [0.2, 0.25) is 0 Å². The van der Waals surface area contributed by atoms with Crippen LogP contribution in [0.4, 0.5) is 0 Å². The molecule has 0 aliphatic heterocycles. The van der Waals surface area contributed by atoms with E-state index in [-0.39, 0.29) is 12.4 Å². The van der Waals surface area contributed by atoms with Crippen LogP contribution in [-0.2, 0) is 11.2 Å². The van der Waals surface area contributed by atoms with Crippen molar-refractivity contribution in [1.29, 1.82) is 0 Å². The number of esters is 1. The molecule has 4 aromatic rings. The summed E-state index contributed by atoms with van der Waals surface area (Å²) < 4.78 is 5.61. The average molecular weight is 468 g/mol. The van der Waals surface area contributed by atoms with E-state index >= 15 is 0 Å². The van der Waals surface area contributed by atoms with Crippen LogP contribution in [0.3, 0.4) is 0 Å². The summed E-state index contributed by atoms with van der Waals surface area (Å²) in [6, 6.07) is 15.6. The van der Waals surface area contributed by atoms with Crippen molar-refractivity contribution in [3.8, 4) is 0 Å². The van der Waals surface area contributed by atoms with Crippen LogP contribution in [0, 0.1) is 20.8 Å². The molecular weight excluding hydrogens is 442 g/mol. The summed E-state index contributed by atoms with van der Waals surface area (Å²) in [5.41, 5.74) is 7.84. The molecule has 34 heavy (non-hydrogen) atoms. The first-order chi connectivity index (χ1) is 16.4. The number of carbonyl (C=O) groups is 2. The Morgan fingerprint density at radius 3 is 2.59 bits per heavy atom. The fourth-order valence-corrected chi connectivity index (χ4v) is 5.28. The molecule has 0 atom stereocenters. The van der Waals surface area contributed by atoms with Crippen molar-refractivity contribution in [1.82, 2.24) is 4.98 Å². The van der Waals surface area contributed by atoms with Crippen molar-refractivity contribution in [3.63, 3.8) is 0 Å². The van der Waals surface area contributed by atoms with E-state index in [1.165, 1.54) is 0 Å². The molecule has 0 amide bonds. The minimum atomic E-state index is -0.470. The van der Waals surface area contributed by atoms with Crippen molar-refractivity contribution >= 4 is 45.6 Å². The first kappa shape index (κ1) is 22.2. The number of hydrogen-bond acceptors (Lipinski definition) is 5. The molecule has 5 heteroatoms. The van der Waals surface area contributed by atoms with Crippen LogP contribution in [0.1, 0.15) is 60.0 Å². The van der Waals surface area contributed by atoms with E-state index in [9.17, 15) is 9.59 Å². The molecule has 0 radical (unpaired) electrons.